The number of thiazole rings is 1. The average molecular weight is 303 g/mol. The molecular formula is C12H19BrN2S. The highest BCUT2D eigenvalue weighted by atomic mass is 79.9. The van der Waals surface area contributed by atoms with Gasteiger partial charge in [0, 0.05) is 16.8 Å². The Bertz CT molecular complexity index is 331. The molecule has 0 aliphatic carbocycles. The molecule has 1 fully saturated rings. The first-order chi connectivity index (χ1) is 7.69. The molecule has 1 aromatic rings. The van der Waals surface area contributed by atoms with Gasteiger partial charge < -0.3 is 0 Å². The van der Waals surface area contributed by atoms with Crippen LogP contribution in [0.1, 0.15) is 28.4 Å². The van der Waals surface area contributed by atoms with Crippen molar-refractivity contribution in [3.63, 3.8) is 0 Å². The van der Waals surface area contributed by atoms with Gasteiger partial charge in [0.15, 0.2) is 0 Å². The molecule has 0 saturated carbocycles. The average Bonchev–Trinajstić information content (AvgIpc) is 2.77. The number of rotatable bonds is 4. The van der Waals surface area contributed by atoms with Crippen molar-refractivity contribution in [3.05, 3.63) is 15.6 Å². The Kier molecular flexibility index (Phi) is 4.39. The van der Waals surface area contributed by atoms with Crippen LogP contribution in [0.4, 0.5) is 0 Å². The van der Waals surface area contributed by atoms with Crippen LogP contribution in [-0.2, 0) is 6.54 Å². The summed E-state index contributed by atoms with van der Waals surface area (Å²) in [5.74, 6) is 0.890. The standard InChI is InChI=1S/C12H19BrN2S/c1-9-10(2)16-12(14-9)8-15-6-4-11(7-15)3-5-13/h11H,3-8H2,1-2H3. The number of aromatic nitrogens is 1. The molecule has 1 aliphatic rings. The van der Waals surface area contributed by atoms with Crippen molar-refractivity contribution in [1.82, 2.24) is 9.88 Å². The van der Waals surface area contributed by atoms with Crippen molar-refractivity contribution in [1.29, 1.82) is 0 Å². The SMILES string of the molecule is Cc1nc(CN2CCC(CCBr)C2)sc1C. The summed E-state index contributed by atoms with van der Waals surface area (Å²) in [5.41, 5.74) is 1.20. The molecule has 0 amide bonds. The number of nitrogens with zero attached hydrogens (tertiary/aromatic N) is 2. The summed E-state index contributed by atoms with van der Waals surface area (Å²) in [6.45, 7) is 7.82. The van der Waals surface area contributed by atoms with E-state index in [1.54, 1.807) is 0 Å². The van der Waals surface area contributed by atoms with Crippen molar-refractivity contribution >= 4 is 27.3 Å². The second-order valence-electron chi connectivity index (χ2n) is 4.62. The summed E-state index contributed by atoms with van der Waals surface area (Å²) in [4.78, 5) is 8.53. The molecule has 16 heavy (non-hydrogen) atoms. The minimum absolute atomic E-state index is 0.890. The second kappa shape index (κ2) is 5.61. The molecular weight excluding hydrogens is 284 g/mol. The van der Waals surface area contributed by atoms with Crippen molar-refractivity contribution in [2.75, 3.05) is 18.4 Å². The molecule has 0 spiro atoms. The fourth-order valence-corrected chi connectivity index (χ4v) is 3.87. The predicted molar refractivity (Wildman–Crippen MR) is 73.4 cm³/mol. The fourth-order valence-electron chi connectivity index (χ4n) is 2.24. The van der Waals surface area contributed by atoms with Gasteiger partial charge in [0.2, 0.25) is 0 Å². The molecule has 0 bridgehead atoms. The Morgan fingerprint density at radius 2 is 2.31 bits per heavy atom. The number of alkyl halides is 1. The van der Waals surface area contributed by atoms with Crippen molar-refractivity contribution in [3.8, 4) is 0 Å². The van der Waals surface area contributed by atoms with E-state index in [0.717, 1.165) is 17.8 Å². The maximum absolute atomic E-state index is 4.61. The van der Waals surface area contributed by atoms with E-state index in [1.165, 1.54) is 41.5 Å². The number of likely N-dealkylation sites (tertiary alicyclic amines) is 1. The quantitative estimate of drug-likeness (QED) is 0.793. The van der Waals surface area contributed by atoms with Crippen LogP contribution in [0, 0.1) is 19.8 Å². The smallest absolute Gasteiger partial charge is 0.107 e. The van der Waals surface area contributed by atoms with Gasteiger partial charge >= 0.3 is 0 Å². The summed E-state index contributed by atoms with van der Waals surface area (Å²) in [6.07, 6.45) is 2.67. The van der Waals surface area contributed by atoms with Crippen molar-refractivity contribution in [2.24, 2.45) is 5.92 Å². The fraction of sp³-hybridized carbons (Fsp3) is 0.750. The van der Waals surface area contributed by atoms with Gasteiger partial charge in [0.1, 0.15) is 5.01 Å². The number of hydrogen-bond donors (Lipinski definition) is 0. The molecule has 4 heteroatoms. The van der Waals surface area contributed by atoms with Crippen LogP contribution in [0.5, 0.6) is 0 Å². The van der Waals surface area contributed by atoms with Gasteiger partial charge in [-0.15, -0.1) is 11.3 Å². The third-order valence-corrected chi connectivity index (χ3v) is 4.83. The van der Waals surface area contributed by atoms with Gasteiger partial charge in [0.05, 0.1) is 12.2 Å². The topological polar surface area (TPSA) is 16.1 Å². The largest absolute Gasteiger partial charge is 0.296 e. The predicted octanol–water partition coefficient (Wildman–Crippen LogP) is 3.37. The normalized spacial score (nSPS) is 21.8. The van der Waals surface area contributed by atoms with E-state index in [2.05, 4.69) is 39.7 Å². The van der Waals surface area contributed by atoms with Gasteiger partial charge in [-0.2, -0.15) is 0 Å². The van der Waals surface area contributed by atoms with Crippen LogP contribution in [0.25, 0.3) is 0 Å². The maximum atomic E-state index is 4.61. The zero-order chi connectivity index (χ0) is 11.5. The number of halogens is 1. The Balaban J connectivity index is 1.87. The van der Waals surface area contributed by atoms with Gasteiger partial charge in [0.25, 0.3) is 0 Å². The second-order valence-corrected chi connectivity index (χ2v) is 6.70. The highest BCUT2D eigenvalue weighted by Gasteiger charge is 2.22. The van der Waals surface area contributed by atoms with Crippen LogP contribution >= 0.6 is 27.3 Å². The Morgan fingerprint density at radius 1 is 1.50 bits per heavy atom. The highest BCUT2D eigenvalue weighted by Crippen LogP contribution is 2.24. The Labute approximate surface area is 110 Å². The van der Waals surface area contributed by atoms with Crippen LogP contribution in [0.2, 0.25) is 0 Å². The van der Waals surface area contributed by atoms with E-state index in [0.29, 0.717) is 0 Å². The van der Waals surface area contributed by atoms with Crippen LogP contribution in [0.15, 0.2) is 0 Å². The number of aryl methyl sites for hydroxylation is 2. The van der Waals surface area contributed by atoms with Gasteiger partial charge in [-0.05, 0) is 39.2 Å². The summed E-state index contributed by atoms with van der Waals surface area (Å²) < 4.78 is 0. The van der Waals surface area contributed by atoms with E-state index < -0.39 is 0 Å². The Hall–Kier alpha value is 0.0700. The number of hydrogen-bond acceptors (Lipinski definition) is 3. The van der Waals surface area contributed by atoms with Gasteiger partial charge in [-0.3, -0.25) is 4.90 Å². The maximum Gasteiger partial charge on any atom is 0.107 e. The molecule has 1 saturated heterocycles. The minimum Gasteiger partial charge on any atom is -0.296 e. The van der Waals surface area contributed by atoms with E-state index in [-0.39, 0.29) is 0 Å². The molecule has 2 nitrogen and oxygen atoms in total. The lowest BCUT2D eigenvalue weighted by atomic mass is 10.1. The first kappa shape index (κ1) is 12.5. The zero-order valence-electron chi connectivity index (χ0n) is 10.0. The van der Waals surface area contributed by atoms with Crippen molar-refractivity contribution < 1.29 is 0 Å². The summed E-state index contributed by atoms with van der Waals surface area (Å²) in [5, 5.41) is 2.43. The molecule has 1 aliphatic heterocycles. The molecule has 0 N–H and O–H groups in total. The minimum atomic E-state index is 0.890. The van der Waals surface area contributed by atoms with E-state index >= 15 is 0 Å². The zero-order valence-corrected chi connectivity index (χ0v) is 12.4. The van der Waals surface area contributed by atoms with Gasteiger partial charge in [-0.1, -0.05) is 15.9 Å². The molecule has 1 atom stereocenters. The summed E-state index contributed by atoms with van der Waals surface area (Å²) in [6, 6.07) is 0. The van der Waals surface area contributed by atoms with Crippen LogP contribution in [-0.4, -0.2) is 28.3 Å². The highest BCUT2D eigenvalue weighted by molar-refractivity contribution is 9.09. The lowest BCUT2D eigenvalue weighted by molar-refractivity contribution is 0.315. The Morgan fingerprint density at radius 3 is 2.94 bits per heavy atom. The van der Waals surface area contributed by atoms with Crippen LogP contribution < -0.4 is 0 Å². The third-order valence-electron chi connectivity index (χ3n) is 3.32. The lowest BCUT2D eigenvalue weighted by Gasteiger charge is -2.13. The third kappa shape index (κ3) is 3.05. The van der Waals surface area contributed by atoms with Crippen molar-refractivity contribution in [2.45, 2.75) is 33.2 Å². The first-order valence-corrected chi connectivity index (χ1v) is 7.84. The summed E-state index contributed by atoms with van der Waals surface area (Å²) in [7, 11) is 0. The molecule has 0 radical (unpaired) electrons. The molecule has 0 aromatic carbocycles. The molecule has 1 aromatic heterocycles. The molecule has 2 rings (SSSR count). The van der Waals surface area contributed by atoms with E-state index in [4.69, 9.17) is 0 Å². The van der Waals surface area contributed by atoms with Crippen LogP contribution in [0.3, 0.4) is 0 Å². The van der Waals surface area contributed by atoms with E-state index in [9.17, 15) is 0 Å². The molecule has 2 heterocycles. The monoisotopic (exact) mass is 302 g/mol. The summed E-state index contributed by atoms with van der Waals surface area (Å²) >= 11 is 5.38. The lowest BCUT2D eigenvalue weighted by Crippen LogP contribution is -2.20. The van der Waals surface area contributed by atoms with E-state index in [1.807, 2.05) is 11.3 Å². The molecule has 1 unspecified atom stereocenters. The molecule has 90 valence electrons. The first-order valence-electron chi connectivity index (χ1n) is 5.90. The van der Waals surface area contributed by atoms with Gasteiger partial charge in [-0.25, -0.2) is 4.98 Å².